The van der Waals surface area contributed by atoms with Crippen LogP contribution in [0.1, 0.15) is 31.9 Å². The summed E-state index contributed by atoms with van der Waals surface area (Å²) in [6, 6.07) is 10.7. The molecule has 0 amide bonds. The van der Waals surface area contributed by atoms with Gasteiger partial charge in [-0.2, -0.15) is 0 Å². The average Bonchev–Trinajstić information content (AvgIpc) is 2.35. The lowest BCUT2D eigenvalue weighted by Crippen LogP contribution is -2.39. The van der Waals surface area contributed by atoms with Gasteiger partial charge in [-0.3, -0.25) is 0 Å². The van der Waals surface area contributed by atoms with E-state index in [1.807, 2.05) is 24.3 Å². The molecule has 2 nitrogen and oxygen atoms in total. The lowest BCUT2D eigenvalue weighted by atomic mass is 9.99. The summed E-state index contributed by atoms with van der Waals surface area (Å²) in [6.07, 6.45) is 2.78. The van der Waals surface area contributed by atoms with E-state index >= 15 is 0 Å². The zero-order valence-electron chi connectivity index (χ0n) is 10.8. The van der Waals surface area contributed by atoms with Crippen LogP contribution >= 0.6 is 0 Å². The highest BCUT2D eigenvalue weighted by atomic mass is 16.3. The van der Waals surface area contributed by atoms with Crippen LogP contribution in [0.15, 0.2) is 43.0 Å². The third-order valence-electron chi connectivity index (χ3n) is 3.02. The van der Waals surface area contributed by atoms with Crippen LogP contribution in [0.3, 0.4) is 0 Å². The summed E-state index contributed by atoms with van der Waals surface area (Å²) in [5.41, 5.74) is 1.24. The van der Waals surface area contributed by atoms with Crippen molar-refractivity contribution in [3.63, 3.8) is 0 Å². The zero-order valence-corrected chi connectivity index (χ0v) is 10.8. The van der Waals surface area contributed by atoms with Gasteiger partial charge in [-0.15, -0.1) is 6.58 Å². The Morgan fingerprint density at radius 1 is 1.29 bits per heavy atom. The molecule has 0 bridgehead atoms. The molecule has 1 unspecified atom stereocenters. The van der Waals surface area contributed by atoms with Gasteiger partial charge in [0.25, 0.3) is 0 Å². The number of aliphatic hydroxyl groups is 1. The summed E-state index contributed by atoms with van der Waals surface area (Å²) in [5, 5.41) is 12.9. The Kier molecular flexibility index (Phi) is 5.95. The van der Waals surface area contributed by atoms with Crippen molar-refractivity contribution in [2.75, 3.05) is 6.61 Å². The molecule has 0 aromatic heterocycles. The van der Waals surface area contributed by atoms with Gasteiger partial charge in [-0.05, 0) is 17.9 Å². The maximum Gasteiger partial charge on any atom is 0.0587 e. The minimum atomic E-state index is 0.125. The Morgan fingerprint density at radius 3 is 2.41 bits per heavy atom. The molecule has 0 heterocycles. The van der Waals surface area contributed by atoms with Crippen LogP contribution in [0.2, 0.25) is 0 Å². The molecule has 1 rings (SSSR count). The van der Waals surface area contributed by atoms with E-state index in [4.69, 9.17) is 0 Å². The summed E-state index contributed by atoms with van der Waals surface area (Å²) in [5.74, 6) is 0.413. The predicted octanol–water partition coefficient (Wildman–Crippen LogP) is 2.91. The highest BCUT2D eigenvalue weighted by Crippen LogP contribution is 2.19. The van der Waals surface area contributed by atoms with Crippen molar-refractivity contribution in [2.45, 2.75) is 32.4 Å². The highest BCUT2D eigenvalue weighted by molar-refractivity contribution is 5.19. The van der Waals surface area contributed by atoms with Crippen molar-refractivity contribution < 1.29 is 5.11 Å². The number of benzene rings is 1. The monoisotopic (exact) mass is 233 g/mol. The molecular weight excluding hydrogens is 210 g/mol. The topological polar surface area (TPSA) is 32.3 Å². The summed E-state index contributed by atoms with van der Waals surface area (Å²) < 4.78 is 0. The van der Waals surface area contributed by atoms with Crippen LogP contribution < -0.4 is 5.32 Å². The molecule has 0 fully saturated rings. The molecule has 0 radical (unpaired) electrons. The second-order valence-electron chi connectivity index (χ2n) is 4.69. The Balaban J connectivity index is 2.76. The molecule has 0 aliphatic rings. The first-order valence-electron chi connectivity index (χ1n) is 6.21. The molecule has 0 spiro atoms. The molecule has 1 aromatic rings. The van der Waals surface area contributed by atoms with Crippen LogP contribution in [-0.2, 0) is 0 Å². The van der Waals surface area contributed by atoms with Crippen LogP contribution in [0, 0.1) is 5.92 Å². The molecule has 0 aliphatic carbocycles. The molecule has 2 atom stereocenters. The second-order valence-corrected chi connectivity index (χ2v) is 4.69. The van der Waals surface area contributed by atoms with E-state index < -0.39 is 0 Å². The number of rotatable bonds is 7. The molecule has 0 aliphatic heterocycles. The zero-order chi connectivity index (χ0) is 12.7. The molecule has 94 valence electrons. The summed E-state index contributed by atoms with van der Waals surface area (Å²) in [6.45, 7) is 8.20. The van der Waals surface area contributed by atoms with Gasteiger partial charge in [0.15, 0.2) is 0 Å². The largest absolute Gasteiger partial charge is 0.395 e. The third kappa shape index (κ3) is 4.33. The van der Waals surface area contributed by atoms with Crippen LogP contribution in [0.5, 0.6) is 0 Å². The highest BCUT2D eigenvalue weighted by Gasteiger charge is 2.17. The van der Waals surface area contributed by atoms with Crippen molar-refractivity contribution in [1.29, 1.82) is 0 Å². The molecule has 2 N–H and O–H groups in total. The van der Waals surface area contributed by atoms with Gasteiger partial charge in [0.05, 0.1) is 6.61 Å². The Morgan fingerprint density at radius 2 is 1.94 bits per heavy atom. The number of hydrogen-bond donors (Lipinski definition) is 2. The molecule has 0 saturated carbocycles. The SMILES string of the molecule is C=CCC(N[C@H](CO)C(C)C)c1ccccc1. The first kappa shape index (κ1) is 13.9. The Bertz CT molecular complexity index is 321. The Labute approximate surface area is 104 Å². The maximum atomic E-state index is 9.37. The van der Waals surface area contributed by atoms with Crippen molar-refractivity contribution in [3.05, 3.63) is 48.6 Å². The fraction of sp³-hybridized carbons (Fsp3) is 0.467. The number of aliphatic hydroxyl groups excluding tert-OH is 1. The minimum Gasteiger partial charge on any atom is -0.395 e. The van der Waals surface area contributed by atoms with Crippen molar-refractivity contribution in [3.8, 4) is 0 Å². The van der Waals surface area contributed by atoms with Crippen molar-refractivity contribution in [1.82, 2.24) is 5.32 Å². The maximum absolute atomic E-state index is 9.37. The van der Waals surface area contributed by atoms with E-state index in [0.29, 0.717) is 5.92 Å². The molecule has 1 aromatic carbocycles. The van der Waals surface area contributed by atoms with Gasteiger partial charge in [0.1, 0.15) is 0 Å². The molecular formula is C15H23NO. The lowest BCUT2D eigenvalue weighted by molar-refractivity contribution is 0.199. The van der Waals surface area contributed by atoms with Gasteiger partial charge >= 0.3 is 0 Å². The van der Waals surface area contributed by atoms with E-state index in [0.717, 1.165) is 6.42 Å². The Hall–Kier alpha value is -1.12. The standard InChI is InChI=1S/C15H23NO/c1-4-8-14(13-9-6-5-7-10-13)16-15(11-17)12(2)3/h4-7,9-10,12,14-17H,1,8,11H2,2-3H3/t14?,15-/m1/s1. The average molecular weight is 233 g/mol. The van der Waals surface area contributed by atoms with Gasteiger partial charge in [-0.25, -0.2) is 0 Å². The van der Waals surface area contributed by atoms with E-state index in [1.54, 1.807) is 0 Å². The molecule has 17 heavy (non-hydrogen) atoms. The smallest absolute Gasteiger partial charge is 0.0587 e. The predicted molar refractivity (Wildman–Crippen MR) is 72.8 cm³/mol. The molecule has 2 heteroatoms. The van der Waals surface area contributed by atoms with Crippen molar-refractivity contribution in [2.24, 2.45) is 5.92 Å². The minimum absolute atomic E-state index is 0.125. The summed E-state index contributed by atoms with van der Waals surface area (Å²) >= 11 is 0. The summed E-state index contributed by atoms with van der Waals surface area (Å²) in [7, 11) is 0. The van der Waals surface area contributed by atoms with E-state index in [2.05, 4.69) is 37.9 Å². The van der Waals surface area contributed by atoms with Gasteiger partial charge < -0.3 is 10.4 Å². The molecule has 0 saturated heterocycles. The van der Waals surface area contributed by atoms with Gasteiger partial charge in [0.2, 0.25) is 0 Å². The van der Waals surface area contributed by atoms with Gasteiger partial charge in [-0.1, -0.05) is 50.3 Å². The third-order valence-corrected chi connectivity index (χ3v) is 3.02. The quantitative estimate of drug-likeness (QED) is 0.710. The second kappa shape index (κ2) is 7.25. The first-order valence-corrected chi connectivity index (χ1v) is 6.21. The first-order chi connectivity index (χ1) is 8.19. The van der Waals surface area contributed by atoms with Crippen LogP contribution in [-0.4, -0.2) is 17.8 Å². The van der Waals surface area contributed by atoms with E-state index in [1.165, 1.54) is 5.56 Å². The van der Waals surface area contributed by atoms with Crippen LogP contribution in [0.4, 0.5) is 0 Å². The number of hydrogen-bond acceptors (Lipinski definition) is 2. The van der Waals surface area contributed by atoms with E-state index in [9.17, 15) is 5.11 Å². The van der Waals surface area contributed by atoms with Crippen molar-refractivity contribution >= 4 is 0 Å². The van der Waals surface area contributed by atoms with Gasteiger partial charge in [0, 0.05) is 12.1 Å². The van der Waals surface area contributed by atoms with Crippen LogP contribution in [0.25, 0.3) is 0 Å². The summed E-state index contributed by atoms with van der Waals surface area (Å²) in [4.78, 5) is 0. The number of nitrogens with one attached hydrogen (secondary N) is 1. The lowest BCUT2D eigenvalue weighted by Gasteiger charge is -2.26. The normalized spacial score (nSPS) is 14.6. The fourth-order valence-electron chi connectivity index (χ4n) is 1.87. The fourth-order valence-corrected chi connectivity index (χ4v) is 1.87. The van der Waals surface area contributed by atoms with E-state index in [-0.39, 0.29) is 18.7 Å².